The highest BCUT2D eigenvalue weighted by molar-refractivity contribution is 7.99. The molecule has 3 atom stereocenters. The lowest BCUT2D eigenvalue weighted by Gasteiger charge is -2.16. The molecule has 1 aliphatic heterocycles. The van der Waals surface area contributed by atoms with Crippen LogP contribution in [0.2, 0.25) is 0 Å². The molecule has 1 saturated heterocycles. The molecule has 2 N–H and O–H groups in total. The first kappa shape index (κ1) is 13.3. The topological polar surface area (TPSA) is 35.2 Å². The van der Waals surface area contributed by atoms with E-state index in [1.54, 1.807) is 0 Å². The van der Waals surface area contributed by atoms with Gasteiger partial charge in [0.1, 0.15) is 0 Å². The highest BCUT2D eigenvalue weighted by atomic mass is 32.2. The van der Waals surface area contributed by atoms with E-state index in [1.165, 1.54) is 19.3 Å². The second-order valence-corrected chi connectivity index (χ2v) is 6.00. The summed E-state index contributed by atoms with van der Waals surface area (Å²) in [7, 11) is 0. The van der Waals surface area contributed by atoms with Gasteiger partial charge < -0.3 is 10.5 Å². The van der Waals surface area contributed by atoms with Gasteiger partial charge in [-0.05, 0) is 32.1 Å². The van der Waals surface area contributed by atoms with Crippen LogP contribution < -0.4 is 5.73 Å². The molecule has 2 nitrogen and oxygen atoms in total. The molecule has 0 aromatic rings. The van der Waals surface area contributed by atoms with E-state index in [-0.39, 0.29) is 0 Å². The Kier molecular flexibility index (Phi) is 6.69. The van der Waals surface area contributed by atoms with Crippen molar-refractivity contribution >= 4 is 11.8 Å². The first-order valence-electron chi connectivity index (χ1n) is 6.21. The number of nitrogens with two attached hydrogens (primary N) is 1. The molecule has 15 heavy (non-hydrogen) atoms. The van der Waals surface area contributed by atoms with E-state index in [1.807, 2.05) is 11.8 Å². The molecule has 3 unspecified atom stereocenters. The molecular formula is C12H25NOS. The first-order chi connectivity index (χ1) is 7.22. The summed E-state index contributed by atoms with van der Waals surface area (Å²) >= 11 is 2.00. The Balaban J connectivity index is 1.99. The van der Waals surface area contributed by atoms with E-state index >= 15 is 0 Å². The highest BCUT2D eigenvalue weighted by Crippen LogP contribution is 2.20. The number of hydrogen-bond donors (Lipinski definition) is 1. The van der Waals surface area contributed by atoms with Crippen LogP contribution in [-0.2, 0) is 4.74 Å². The van der Waals surface area contributed by atoms with Crippen LogP contribution in [0, 0.1) is 0 Å². The molecule has 1 fully saturated rings. The quantitative estimate of drug-likeness (QED) is 0.732. The summed E-state index contributed by atoms with van der Waals surface area (Å²) in [6.07, 6.45) is 6.50. The predicted molar refractivity (Wildman–Crippen MR) is 68.4 cm³/mol. The maximum atomic E-state index is 6.08. The van der Waals surface area contributed by atoms with Crippen LogP contribution in [0.3, 0.4) is 0 Å². The van der Waals surface area contributed by atoms with E-state index in [0.717, 1.165) is 30.5 Å². The van der Waals surface area contributed by atoms with Crippen molar-refractivity contribution < 1.29 is 4.74 Å². The van der Waals surface area contributed by atoms with E-state index < -0.39 is 0 Å². The number of hydrogen-bond acceptors (Lipinski definition) is 3. The largest absolute Gasteiger partial charge is 0.378 e. The van der Waals surface area contributed by atoms with Crippen molar-refractivity contribution in [2.45, 2.75) is 63.3 Å². The summed E-state index contributed by atoms with van der Waals surface area (Å²) < 4.78 is 5.59. The van der Waals surface area contributed by atoms with Gasteiger partial charge in [-0.1, -0.05) is 13.8 Å². The van der Waals surface area contributed by atoms with Gasteiger partial charge in [0.05, 0.1) is 6.10 Å². The monoisotopic (exact) mass is 231 g/mol. The highest BCUT2D eigenvalue weighted by Gasteiger charge is 2.16. The SMILES string of the molecule is CCC(C)SCC(N)CCC1CCCO1. The van der Waals surface area contributed by atoms with Gasteiger partial charge in [0.2, 0.25) is 0 Å². The Hall–Kier alpha value is 0.270. The van der Waals surface area contributed by atoms with Crippen LogP contribution in [0.15, 0.2) is 0 Å². The van der Waals surface area contributed by atoms with Gasteiger partial charge in [0.15, 0.2) is 0 Å². The average molecular weight is 231 g/mol. The van der Waals surface area contributed by atoms with E-state index in [0.29, 0.717) is 12.1 Å². The van der Waals surface area contributed by atoms with Gasteiger partial charge in [-0.2, -0.15) is 11.8 Å². The van der Waals surface area contributed by atoms with Crippen LogP contribution in [0.25, 0.3) is 0 Å². The van der Waals surface area contributed by atoms with Crippen molar-refractivity contribution in [1.82, 2.24) is 0 Å². The molecule has 0 aromatic carbocycles. The minimum absolute atomic E-state index is 0.355. The third-order valence-electron chi connectivity index (χ3n) is 3.05. The van der Waals surface area contributed by atoms with Crippen LogP contribution in [0.4, 0.5) is 0 Å². The Bertz CT molecular complexity index is 160. The van der Waals surface area contributed by atoms with Gasteiger partial charge in [-0.15, -0.1) is 0 Å². The van der Waals surface area contributed by atoms with E-state index in [2.05, 4.69) is 13.8 Å². The molecule has 1 rings (SSSR count). The van der Waals surface area contributed by atoms with Crippen molar-refractivity contribution in [2.24, 2.45) is 5.73 Å². The van der Waals surface area contributed by atoms with Crippen LogP contribution in [0.1, 0.15) is 46.0 Å². The second-order valence-electron chi connectivity index (χ2n) is 4.52. The zero-order valence-electron chi connectivity index (χ0n) is 10.1. The maximum absolute atomic E-state index is 6.08. The Morgan fingerprint density at radius 3 is 2.93 bits per heavy atom. The molecular weight excluding hydrogens is 206 g/mol. The average Bonchev–Trinajstić information content (AvgIpc) is 2.75. The van der Waals surface area contributed by atoms with Gasteiger partial charge >= 0.3 is 0 Å². The van der Waals surface area contributed by atoms with Gasteiger partial charge in [-0.3, -0.25) is 0 Å². The fourth-order valence-electron chi connectivity index (χ4n) is 1.76. The van der Waals surface area contributed by atoms with Crippen molar-refractivity contribution in [3.05, 3.63) is 0 Å². The Labute approximate surface area is 98.3 Å². The Morgan fingerprint density at radius 1 is 1.53 bits per heavy atom. The Morgan fingerprint density at radius 2 is 2.33 bits per heavy atom. The van der Waals surface area contributed by atoms with Crippen LogP contribution in [0.5, 0.6) is 0 Å². The molecule has 0 radical (unpaired) electrons. The lowest BCUT2D eigenvalue weighted by atomic mass is 10.1. The van der Waals surface area contributed by atoms with Crippen molar-refractivity contribution in [3.8, 4) is 0 Å². The molecule has 3 heteroatoms. The zero-order valence-corrected chi connectivity index (χ0v) is 10.9. The second kappa shape index (κ2) is 7.53. The fourth-order valence-corrected chi connectivity index (χ4v) is 2.74. The fraction of sp³-hybridized carbons (Fsp3) is 1.00. The molecule has 0 bridgehead atoms. The first-order valence-corrected chi connectivity index (χ1v) is 7.26. The standard InChI is InChI=1S/C12H25NOS/c1-3-10(2)15-9-11(13)6-7-12-5-4-8-14-12/h10-12H,3-9,13H2,1-2H3. The summed E-state index contributed by atoms with van der Waals surface area (Å²) in [6, 6.07) is 0.355. The molecule has 0 aliphatic carbocycles. The van der Waals surface area contributed by atoms with Crippen LogP contribution >= 0.6 is 11.8 Å². The zero-order chi connectivity index (χ0) is 11.1. The van der Waals surface area contributed by atoms with E-state index in [4.69, 9.17) is 10.5 Å². The molecule has 0 amide bonds. The van der Waals surface area contributed by atoms with Gasteiger partial charge in [0, 0.05) is 23.7 Å². The normalized spacial score (nSPS) is 25.4. The molecule has 1 aliphatic rings. The molecule has 0 aromatic heterocycles. The number of rotatable bonds is 7. The van der Waals surface area contributed by atoms with Crippen molar-refractivity contribution in [1.29, 1.82) is 0 Å². The number of thioether (sulfide) groups is 1. The summed E-state index contributed by atoms with van der Waals surface area (Å²) in [5, 5.41) is 0.749. The molecule has 1 heterocycles. The van der Waals surface area contributed by atoms with E-state index in [9.17, 15) is 0 Å². The molecule has 90 valence electrons. The summed E-state index contributed by atoms with van der Waals surface area (Å²) in [6.45, 7) is 5.47. The minimum atomic E-state index is 0.355. The summed E-state index contributed by atoms with van der Waals surface area (Å²) in [4.78, 5) is 0. The predicted octanol–water partition coefficient (Wildman–Crippen LogP) is 2.80. The van der Waals surface area contributed by atoms with Crippen molar-refractivity contribution in [3.63, 3.8) is 0 Å². The minimum Gasteiger partial charge on any atom is -0.378 e. The number of ether oxygens (including phenoxy) is 1. The molecule has 0 saturated carbocycles. The van der Waals surface area contributed by atoms with Gasteiger partial charge in [0.25, 0.3) is 0 Å². The summed E-state index contributed by atoms with van der Waals surface area (Å²) in [5.41, 5.74) is 6.08. The maximum Gasteiger partial charge on any atom is 0.0576 e. The van der Waals surface area contributed by atoms with Crippen molar-refractivity contribution in [2.75, 3.05) is 12.4 Å². The smallest absolute Gasteiger partial charge is 0.0576 e. The third kappa shape index (κ3) is 5.79. The summed E-state index contributed by atoms with van der Waals surface area (Å²) in [5.74, 6) is 1.10. The molecule has 0 spiro atoms. The van der Waals surface area contributed by atoms with Crippen LogP contribution in [-0.4, -0.2) is 29.8 Å². The third-order valence-corrected chi connectivity index (χ3v) is 4.58. The van der Waals surface area contributed by atoms with Gasteiger partial charge in [-0.25, -0.2) is 0 Å². The lowest BCUT2D eigenvalue weighted by Crippen LogP contribution is -2.25. The lowest BCUT2D eigenvalue weighted by molar-refractivity contribution is 0.101.